The lowest BCUT2D eigenvalue weighted by atomic mass is 9.93. The lowest BCUT2D eigenvalue weighted by Gasteiger charge is -2.35. The Morgan fingerprint density at radius 2 is 2.00 bits per heavy atom. The molecule has 84 valence electrons. The standard InChI is InChI=1S/C7H14F2N2O2S/c8-7(9)14(12,13)11(5-4-10)6-2-1-3-6/h6-7H,1-5,10H2. The van der Waals surface area contributed by atoms with Crippen molar-refractivity contribution in [1.82, 2.24) is 4.31 Å². The summed E-state index contributed by atoms with van der Waals surface area (Å²) in [4.78, 5) is 0. The van der Waals surface area contributed by atoms with E-state index < -0.39 is 15.8 Å². The summed E-state index contributed by atoms with van der Waals surface area (Å²) in [6.45, 7) is 0.0553. The summed E-state index contributed by atoms with van der Waals surface area (Å²) in [6.07, 6.45) is 2.21. The molecule has 4 nitrogen and oxygen atoms in total. The van der Waals surface area contributed by atoms with Crippen LogP contribution in [-0.4, -0.2) is 37.6 Å². The summed E-state index contributed by atoms with van der Waals surface area (Å²) in [7, 11) is -4.44. The van der Waals surface area contributed by atoms with Gasteiger partial charge in [-0.2, -0.15) is 13.1 Å². The molecule has 1 fully saturated rings. The zero-order valence-electron chi connectivity index (χ0n) is 7.70. The molecule has 1 saturated carbocycles. The zero-order chi connectivity index (χ0) is 10.8. The van der Waals surface area contributed by atoms with E-state index in [-0.39, 0.29) is 19.1 Å². The average Bonchev–Trinajstić information content (AvgIpc) is 2.00. The summed E-state index contributed by atoms with van der Waals surface area (Å²) in [5, 5.41) is 0. The van der Waals surface area contributed by atoms with Crippen LogP contribution in [0.2, 0.25) is 0 Å². The van der Waals surface area contributed by atoms with E-state index >= 15 is 0 Å². The quantitative estimate of drug-likeness (QED) is 0.738. The van der Waals surface area contributed by atoms with Crippen molar-refractivity contribution in [3.05, 3.63) is 0 Å². The van der Waals surface area contributed by atoms with Crippen molar-refractivity contribution in [2.45, 2.75) is 31.1 Å². The second-order valence-corrected chi connectivity index (χ2v) is 5.15. The molecule has 1 aliphatic carbocycles. The number of alkyl halides is 2. The van der Waals surface area contributed by atoms with Gasteiger partial charge in [0, 0.05) is 19.1 Å². The van der Waals surface area contributed by atoms with Gasteiger partial charge in [0.2, 0.25) is 0 Å². The molecule has 0 bridgehead atoms. The van der Waals surface area contributed by atoms with Crippen molar-refractivity contribution < 1.29 is 17.2 Å². The van der Waals surface area contributed by atoms with Crippen LogP contribution in [0.15, 0.2) is 0 Å². The number of nitrogens with two attached hydrogens (primary N) is 1. The molecule has 0 heterocycles. The monoisotopic (exact) mass is 228 g/mol. The van der Waals surface area contributed by atoms with Crippen LogP contribution in [0.3, 0.4) is 0 Å². The number of hydrogen-bond acceptors (Lipinski definition) is 3. The third kappa shape index (κ3) is 2.21. The van der Waals surface area contributed by atoms with Crippen molar-refractivity contribution >= 4 is 10.0 Å². The van der Waals surface area contributed by atoms with E-state index in [0.29, 0.717) is 12.8 Å². The Hall–Kier alpha value is -0.270. The van der Waals surface area contributed by atoms with Crippen LogP contribution in [0, 0.1) is 0 Å². The molecule has 1 aliphatic rings. The van der Waals surface area contributed by atoms with E-state index in [1.165, 1.54) is 0 Å². The average molecular weight is 228 g/mol. The lowest BCUT2D eigenvalue weighted by Crippen LogP contribution is -2.48. The van der Waals surface area contributed by atoms with Gasteiger partial charge in [0.05, 0.1) is 0 Å². The SMILES string of the molecule is NCCN(C1CCC1)S(=O)(=O)C(F)F. The molecular weight excluding hydrogens is 214 g/mol. The molecule has 0 amide bonds. The predicted molar refractivity (Wildman–Crippen MR) is 48.3 cm³/mol. The highest BCUT2D eigenvalue weighted by Crippen LogP contribution is 2.28. The molecule has 0 aliphatic heterocycles. The van der Waals surface area contributed by atoms with E-state index in [1.807, 2.05) is 0 Å². The van der Waals surface area contributed by atoms with Crippen molar-refractivity contribution in [2.24, 2.45) is 5.73 Å². The lowest BCUT2D eigenvalue weighted by molar-refractivity contribution is 0.181. The van der Waals surface area contributed by atoms with Crippen molar-refractivity contribution in [1.29, 1.82) is 0 Å². The first-order chi connectivity index (χ1) is 6.50. The largest absolute Gasteiger partial charge is 0.350 e. The first kappa shape index (κ1) is 11.8. The molecule has 0 radical (unpaired) electrons. The van der Waals surface area contributed by atoms with Crippen molar-refractivity contribution in [3.8, 4) is 0 Å². The minimum absolute atomic E-state index is 0.0165. The maximum Gasteiger partial charge on any atom is 0.350 e. The predicted octanol–water partition coefficient (Wildman–Crippen LogP) is 0.352. The number of nitrogens with zero attached hydrogens (tertiary/aromatic N) is 1. The maximum atomic E-state index is 12.2. The Bertz CT molecular complexity index is 277. The van der Waals surface area contributed by atoms with E-state index in [2.05, 4.69) is 0 Å². The van der Waals surface area contributed by atoms with Gasteiger partial charge in [0.1, 0.15) is 0 Å². The first-order valence-corrected chi connectivity index (χ1v) is 5.99. The van der Waals surface area contributed by atoms with Gasteiger partial charge in [-0.15, -0.1) is 0 Å². The van der Waals surface area contributed by atoms with E-state index in [0.717, 1.165) is 10.7 Å². The van der Waals surface area contributed by atoms with Crippen LogP contribution in [-0.2, 0) is 10.0 Å². The summed E-state index contributed by atoms with van der Waals surface area (Å²) in [6, 6.07) is -0.266. The van der Waals surface area contributed by atoms with Crippen LogP contribution in [0.1, 0.15) is 19.3 Å². The van der Waals surface area contributed by atoms with Gasteiger partial charge in [0.25, 0.3) is 10.0 Å². The number of hydrogen-bond donors (Lipinski definition) is 1. The van der Waals surface area contributed by atoms with E-state index in [9.17, 15) is 17.2 Å². The first-order valence-electron chi connectivity index (χ1n) is 4.49. The van der Waals surface area contributed by atoms with Crippen LogP contribution >= 0.6 is 0 Å². The van der Waals surface area contributed by atoms with Gasteiger partial charge in [-0.25, -0.2) is 8.42 Å². The normalized spacial score (nSPS) is 18.9. The molecule has 0 atom stereocenters. The van der Waals surface area contributed by atoms with Crippen LogP contribution in [0.25, 0.3) is 0 Å². The molecule has 7 heteroatoms. The van der Waals surface area contributed by atoms with Crippen LogP contribution < -0.4 is 5.73 Å². The fourth-order valence-corrected chi connectivity index (χ4v) is 2.61. The highest BCUT2D eigenvalue weighted by Gasteiger charge is 2.38. The maximum absolute atomic E-state index is 12.2. The Labute approximate surface area is 82.1 Å². The second kappa shape index (κ2) is 4.50. The van der Waals surface area contributed by atoms with Gasteiger partial charge in [-0.1, -0.05) is 6.42 Å². The minimum atomic E-state index is -4.44. The van der Waals surface area contributed by atoms with Gasteiger partial charge >= 0.3 is 5.76 Å². The summed E-state index contributed by atoms with van der Waals surface area (Å²) >= 11 is 0. The van der Waals surface area contributed by atoms with E-state index in [4.69, 9.17) is 5.73 Å². The van der Waals surface area contributed by atoms with Gasteiger partial charge in [0.15, 0.2) is 0 Å². The van der Waals surface area contributed by atoms with Gasteiger partial charge in [-0.05, 0) is 12.8 Å². The second-order valence-electron chi connectivity index (χ2n) is 3.29. The molecule has 1 rings (SSSR count). The topological polar surface area (TPSA) is 63.4 Å². The van der Waals surface area contributed by atoms with Crippen molar-refractivity contribution in [2.75, 3.05) is 13.1 Å². The highest BCUT2D eigenvalue weighted by atomic mass is 32.2. The highest BCUT2D eigenvalue weighted by molar-refractivity contribution is 7.89. The van der Waals surface area contributed by atoms with Crippen LogP contribution in [0.4, 0.5) is 8.78 Å². The van der Waals surface area contributed by atoms with Gasteiger partial charge < -0.3 is 5.73 Å². The smallest absolute Gasteiger partial charge is 0.329 e. The minimum Gasteiger partial charge on any atom is -0.329 e. The Balaban J connectivity index is 2.75. The molecule has 0 aromatic carbocycles. The number of rotatable bonds is 5. The van der Waals surface area contributed by atoms with E-state index in [1.54, 1.807) is 0 Å². The molecule has 2 N–H and O–H groups in total. The number of sulfonamides is 1. The molecule has 0 saturated heterocycles. The Kier molecular flexibility index (Phi) is 3.79. The fraction of sp³-hybridized carbons (Fsp3) is 1.00. The third-order valence-electron chi connectivity index (χ3n) is 2.38. The molecule has 0 aromatic rings. The Morgan fingerprint density at radius 3 is 2.29 bits per heavy atom. The molecule has 0 aromatic heterocycles. The number of halogens is 2. The van der Waals surface area contributed by atoms with Gasteiger partial charge in [-0.3, -0.25) is 0 Å². The molecule has 0 spiro atoms. The summed E-state index contributed by atoms with van der Waals surface area (Å²) < 4.78 is 47.7. The third-order valence-corrected chi connectivity index (χ3v) is 3.97. The van der Waals surface area contributed by atoms with Crippen molar-refractivity contribution in [3.63, 3.8) is 0 Å². The fourth-order valence-electron chi connectivity index (χ4n) is 1.42. The summed E-state index contributed by atoms with van der Waals surface area (Å²) in [5.74, 6) is -3.34. The molecule has 0 unspecified atom stereocenters. The zero-order valence-corrected chi connectivity index (χ0v) is 8.51. The molecular formula is C7H14F2N2O2S. The molecule has 14 heavy (non-hydrogen) atoms. The Morgan fingerprint density at radius 1 is 1.43 bits per heavy atom. The van der Waals surface area contributed by atoms with Crippen LogP contribution in [0.5, 0.6) is 0 Å². The summed E-state index contributed by atoms with van der Waals surface area (Å²) in [5.41, 5.74) is 5.19.